The van der Waals surface area contributed by atoms with Gasteiger partial charge in [-0.3, -0.25) is 0 Å². The molecule has 0 spiro atoms. The summed E-state index contributed by atoms with van der Waals surface area (Å²) in [4.78, 5) is 0. The molecule has 51 valence electrons. The van der Waals surface area contributed by atoms with Crippen molar-refractivity contribution in [1.29, 1.82) is 0 Å². The van der Waals surface area contributed by atoms with Crippen molar-refractivity contribution >= 4 is 0 Å². The minimum atomic E-state index is 0.532. The van der Waals surface area contributed by atoms with Crippen molar-refractivity contribution < 1.29 is 0 Å². The minimum absolute atomic E-state index is 0.532. The molecule has 0 heterocycles. The molecule has 0 heteroatoms. The van der Waals surface area contributed by atoms with Gasteiger partial charge in [-0.25, -0.2) is 0 Å². The van der Waals surface area contributed by atoms with Gasteiger partial charge in [-0.1, -0.05) is 26.0 Å². The van der Waals surface area contributed by atoms with E-state index in [1.165, 1.54) is 0 Å². The van der Waals surface area contributed by atoms with Gasteiger partial charge in [0.1, 0.15) is 0 Å². The smallest absolute Gasteiger partial charge is 0.00529 e. The molecule has 0 aromatic rings. The summed E-state index contributed by atoms with van der Waals surface area (Å²) in [6.07, 6.45) is 9.34. The standard InChI is InChI=1S/C9H15/c1-4-7-8-9(5-2)6-3/h5,8-9H,2,4,6H2,1,3H3. The Balaban J connectivity index is 3.54. The highest BCUT2D eigenvalue weighted by Gasteiger charge is 1.90. The Hall–Kier alpha value is -0.520. The van der Waals surface area contributed by atoms with Crippen LogP contribution >= 0.6 is 0 Å². The van der Waals surface area contributed by atoms with Crippen LogP contribution in [0.5, 0.6) is 0 Å². The van der Waals surface area contributed by atoms with Gasteiger partial charge in [0.25, 0.3) is 0 Å². The van der Waals surface area contributed by atoms with Crippen LogP contribution in [0.2, 0.25) is 0 Å². The van der Waals surface area contributed by atoms with Gasteiger partial charge in [0.2, 0.25) is 0 Å². The summed E-state index contributed by atoms with van der Waals surface area (Å²) in [5.74, 6) is 0.532. The van der Waals surface area contributed by atoms with Gasteiger partial charge in [-0.15, -0.1) is 6.58 Å². The quantitative estimate of drug-likeness (QED) is 0.504. The fraction of sp³-hybridized carbons (Fsp3) is 0.556. The fourth-order valence-electron chi connectivity index (χ4n) is 0.622. The van der Waals surface area contributed by atoms with Gasteiger partial charge in [0.15, 0.2) is 0 Å². The Labute approximate surface area is 58.3 Å². The molecular weight excluding hydrogens is 108 g/mol. The summed E-state index contributed by atoms with van der Waals surface area (Å²) < 4.78 is 0. The van der Waals surface area contributed by atoms with Gasteiger partial charge in [0, 0.05) is 0 Å². The van der Waals surface area contributed by atoms with Crippen molar-refractivity contribution in [3.63, 3.8) is 0 Å². The molecule has 0 aromatic carbocycles. The highest BCUT2D eigenvalue weighted by Crippen LogP contribution is 2.04. The second-order valence-electron chi connectivity index (χ2n) is 2.03. The van der Waals surface area contributed by atoms with Crippen LogP contribution in [0.15, 0.2) is 18.7 Å². The molecule has 0 saturated heterocycles. The van der Waals surface area contributed by atoms with E-state index >= 15 is 0 Å². The predicted molar refractivity (Wildman–Crippen MR) is 42.1 cm³/mol. The molecular formula is C9H15. The first-order chi connectivity index (χ1) is 4.35. The Kier molecular flexibility index (Phi) is 5.29. The lowest BCUT2D eigenvalue weighted by molar-refractivity contribution is 0.769. The van der Waals surface area contributed by atoms with E-state index in [2.05, 4.69) is 32.6 Å². The molecule has 0 fully saturated rings. The number of hydrogen-bond donors (Lipinski definition) is 0. The highest BCUT2D eigenvalue weighted by atomic mass is 14.0. The lowest BCUT2D eigenvalue weighted by Gasteiger charge is -1.98. The summed E-state index contributed by atoms with van der Waals surface area (Å²) in [5, 5.41) is 0. The summed E-state index contributed by atoms with van der Waals surface area (Å²) in [7, 11) is 0. The van der Waals surface area contributed by atoms with E-state index in [0.717, 1.165) is 12.8 Å². The molecule has 0 aromatic heterocycles. The SMILES string of the molecule is C=CC(/C=[C]/CC)CC. The highest BCUT2D eigenvalue weighted by molar-refractivity contribution is 4.92. The molecule has 1 atom stereocenters. The third-order valence-electron chi connectivity index (χ3n) is 1.31. The van der Waals surface area contributed by atoms with Crippen LogP contribution in [0.3, 0.4) is 0 Å². The second kappa shape index (κ2) is 5.61. The van der Waals surface area contributed by atoms with E-state index in [9.17, 15) is 0 Å². The van der Waals surface area contributed by atoms with Crippen LogP contribution in [-0.4, -0.2) is 0 Å². The summed E-state index contributed by atoms with van der Waals surface area (Å²) in [6.45, 7) is 7.96. The molecule has 0 aliphatic carbocycles. The van der Waals surface area contributed by atoms with Crippen LogP contribution in [0, 0.1) is 12.0 Å². The van der Waals surface area contributed by atoms with Crippen LogP contribution < -0.4 is 0 Å². The van der Waals surface area contributed by atoms with Crippen molar-refractivity contribution in [1.82, 2.24) is 0 Å². The van der Waals surface area contributed by atoms with Crippen LogP contribution in [0.1, 0.15) is 26.7 Å². The molecule has 0 N–H and O–H groups in total. The first-order valence-electron chi connectivity index (χ1n) is 3.54. The monoisotopic (exact) mass is 123 g/mol. The zero-order valence-corrected chi connectivity index (χ0v) is 6.35. The molecule has 0 rings (SSSR count). The van der Waals surface area contributed by atoms with E-state index in [4.69, 9.17) is 0 Å². The van der Waals surface area contributed by atoms with Crippen LogP contribution in [0.25, 0.3) is 0 Å². The van der Waals surface area contributed by atoms with Gasteiger partial charge in [-0.05, 0) is 24.8 Å². The van der Waals surface area contributed by atoms with Crippen molar-refractivity contribution in [2.45, 2.75) is 26.7 Å². The molecule has 9 heavy (non-hydrogen) atoms. The summed E-state index contributed by atoms with van der Waals surface area (Å²) in [6, 6.07) is 0. The largest absolute Gasteiger partial charge is 0.102 e. The zero-order chi connectivity index (χ0) is 7.11. The molecule has 0 nitrogen and oxygen atoms in total. The molecule has 0 aliphatic rings. The van der Waals surface area contributed by atoms with Gasteiger partial charge in [0.05, 0.1) is 0 Å². The molecule has 1 radical (unpaired) electrons. The van der Waals surface area contributed by atoms with Crippen molar-refractivity contribution in [2.75, 3.05) is 0 Å². The average Bonchev–Trinajstić information content (AvgIpc) is 1.91. The van der Waals surface area contributed by atoms with E-state index < -0.39 is 0 Å². The lowest BCUT2D eigenvalue weighted by atomic mass is 10.1. The lowest BCUT2D eigenvalue weighted by Crippen LogP contribution is -1.85. The fourth-order valence-corrected chi connectivity index (χ4v) is 0.622. The van der Waals surface area contributed by atoms with Gasteiger partial charge < -0.3 is 0 Å². The Morgan fingerprint density at radius 2 is 2.22 bits per heavy atom. The third-order valence-corrected chi connectivity index (χ3v) is 1.31. The van der Waals surface area contributed by atoms with Crippen molar-refractivity contribution in [2.24, 2.45) is 5.92 Å². The van der Waals surface area contributed by atoms with E-state index in [1.54, 1.807) is 0 Å². The van der Waals surface area contributed by atoms with Crippen molar-refractivity contribution in [3.8, 4) is 0 Å². The van der Waals surface area contributed by atoms with Crippen LogP contribution in [0.4, 0.5) is 0 Å². The zero-order valence-electron chi connectivity index (χ0n) is 6.35. The van der Waals surface area contributed by atoms with Gasteiger partial charge in [-0.2, -0.15) is 0 Å². The van der Waals surface area contributed by atoms with Crippen molar-refractivity contribution in [3.05, 3.63) is 24.8 Å². The Morgan fingerprint density at radius 3 is 2.56 bits per heavy atom. The minimum Gasteiger partial charge on any atom is -0.102 e. The average molecular weight is 123 g/mol. The topological polar surface area (TPSA) is 0 Å². The van der Waals surface area contributed by atoms with E-state index in [-0.39, 0.29) is 0 Å². The van der Waals surface area contributed by atoms with Gasteiger partial charge >= 0.3 is 0 Å². The second-order valence-corrected chi connectivity index (χ2v) is 2.03. The van der Waals surface area contributed by atoms with Crippen LogP contribution in [-0.2, 0) is 0 Å². The molecule has 0 bridgehead atoms. The van der Waals surface area contributed by atoms with E-state index in [0.29, 0.717) is 5.92 Å². The maximum absolute atomic E-state index is 3.71. The summed E-state index contributed by atoms with van der Waals surface area (Å²) >= 11 is 0. The first kappa shape index (κ1) is 8.48. The Morgan fingerprint density at radius 1 is 1.56 bits per heavy atom. The molecule has 0 saturated carbocycles. The Bertz CT molecular complexity index is 90.2. The molecule has 1 unspecified atom stereocenters. The molecule has 0 aliphatic heterocycles. The number of rotatable bonds is 4. The maximum Gasteiger partial charge on any atom is -0.00529 e. The maximum atomic E-state index is 3.71. The molecule has 0 amide bonds. The summed E-state index contributed by atoms with van der Waals surface area (Å²) in [5.41, 5.74) is 0. The number of hydrogen-bond acceptors (Lipinski definition) is 0. The number of allylic oxidation sites excluding steroid dienone is 3. The normalized spacial score (nSPS) is 14.0. The third kappa shape index (κ3) is 4.01. The predicted octanol–water partition coefficient (Wildman–Crippen LogP) is 2.97. The first-order valence-corrected chi connectivity index (χ1v) is 3.54. The van der Waals surface area contributed by atoms with E-state index in [1.807, 2.05) is 6.08 Å².